The highest BCUT2D eigenvalue weighted by molar-refractivity contribution is 5.86. The summed E-state index contributed by atoms with van der Waals surface area (Å²) >= 11 is 0. The molecule has 1 fully saturated rings. The predicted molar refractivity (Wildman–Crippen MR) is 121 cm³/mol. The number of esters is 2. The van der Waals surface area contributed by atoms with Crippen LogP contribution in [0.2, 0.25) is 0 Å². The van der Waals surface area contributed by atoms with Gasteiger partial charge in [-0.2, -0.15) is 0 Å². The quantitative estimate of drug-likeness (QED) is 0.477. The first-order chi connectivity index (χ1) is 14.8. The number of carbonyl (C=O) groups excluding carboxylic acids is 3. The van der Waals surface area contributed by atoms with E-state index in [0.29, 0.717) is 0 Å². The van der Waals surface area contributed by atoms with Crippen LogP contribution in [0.4, 0.5) is 4.79 Å². The molecule has 1 N–H and O–H groups in total. The number of hydrogen-bond donors (Lipinski definition) is 1. The normalized spacial score (nSPS) is 15.7. The molecule has 2 rings (SSSR count). The summed E-state index contributed by atoms with van der Waals surface area (Å²) in [5.41, 5.74) is 1.28. The molecule has 0 bridgehead atoms. The molecular formula is C25H37NO6. The third kappa shape index (κ3) is 8.89. The van der Waals surface area contributed by atoms with Crippen LogP contribution in [0.15, 0.2) is 24.3 Å². The maximum Gasteiger partial charge on any atom is 0.408 e. The lowest BCUT2D eigenvalue weighted by atomic mass is 9.87. The molecule has 0 saturated heterocycles. The average Bonchev–Trinajstić information content (AvgIpc) is 3.16. The molecule has 7 nitrogen and oxygen atoms in total. The van der Waals surface area contributed by atoms with E-state index in [0.717, 1.165) is 31.2 Å². The molecule has 0 aliphatic heterocycles. The third-order valence-electron chi connectivity index (χ3n) is 5.15. The summed E-state index contributed by atoms with van der Waals surface area (Å²) in [7, 11) is 0. The Morgan fingerprint density at radius 1 is 1.00 bits per heavy atom. The number of carbonyl (C=O) groups is 3. The molecule has 1 aliphatic carbocycles. The zero-order chi connectivity index (χ0) is 23.9. The van der Waals surface area contributed by atoms with Gasteiger partial charge in [0.25, 0.3) is 0 Å². The van der Waals surface area contributed by atoms with Gasteiger partial charge in [-0.3, -0.25) is 4.79 Å². The van der Waals surface area contributed by atoms with Gasteiger partial charge in [0.1, 0.15) is 24.4 Å². The topological polar surface area (TPSA) is 90.9 Å². The van der Waals surface area contributed by atoms with E-state index in [2.05, 4.69) is 26.1 Å². The van der Waals surface area contributed by atoms with Crippen LogP contribution in [-0.4, -0.2) is 35.8 Å². The van der Waals surface area contributed by atoms with Crippen molar-refractivity contribution in [2.45, 2.75) is 103 Å². The summed E-state index contributed by atoms with van der Waals surface area (Å²) in [5.74, 6) is -1.25. The van der Waals surface area contributed by atoms with Crippen molar-refractivity contribution < 1.29 is 28.6 Å². The van der Waals surface area contributed by atoms with Gasteiger partial charge in [-0.15, -0.1) is 0 Å². The average molecular weight is 448 g/mol. The Bertz CT molecular complexity index is 782. The van der Waals surface area contributed by atoms with Crippen LogP contribution in [0.25, 0.3) is 0 Å². The Hall–Kier alpha value is -2.57. The molecule has 32 heavy (non-hydrogen) atoms. The fourth-order valence-electron chi connectivity index (χ4n) is 3.41. The molecule has 1 atom stereocenters. The minimum Gasteiger partial charge on any atom is -0.462 e. The Morgan fingerprint density at radius 2 is 1.59 bits per heavy atom. The SMILES string of the molecule is CC(C)(C)OC(=O)N[C@@H](CC(=O)OC1CCCC1)C(=O)OCc1ccc(C(C)(C)C)cc1. The van der Waals surface area contributed by atoms with Crippen LogP contribution in [0.1, 0.15) is 84.8 Å². The fourth-order valence-corrected chi connectivity index (χ4v) is 3.41. The molecule has 1 aromatic carbocycles. The first-order valence-corrected chi connectivity index (χ1v) is 11.3. The highest BCUT2D eigenvalue weighted by Crippen LogP contribution is 2.23. The molecule has 0 heterocycles. The van der Waals surface area contributed by atoms with E-state index >= 15 is 0 Å². The van der Waals surface area contributed by atoms with Crippen molar-refractivity contribution in [3.63, 3.8) is 0 Å². The third-order valence-corrected chi connectivity index (χ3v) is 5.15. The summed E-state index contributed by atoms with van der Waals surface area (Å²) in [6.45, 7) is 11.6. The lowest BCUT2D eigenvalue weighted by Gasteiger charge is -2.23. The Morgan fingerprint density at radius 3 is 2.12 bits per heavy atom. The second-order valence-electron chi connectivity index (χ2n) is 10.4. The largest absolute Gasteiger partial charge is 0.462 e. The van der Waals surface area contributed by atoms with E-state index in [1.165, 1.54) is 5.56 Å². The maximum absolute atomic E-state index is 12.7. The number of ether oxygens (including phenoxy) is 3. The van der Waals surface area contributed by atoms with E-state index < -0.39 is 29.7 Å². The van der Waals surface area contributed by atoms with Gasteiger partial charge in [-0.1, -0.05) is 45.0 Å². The molecule has 0 radical (unpaired) electrons. The van der Waals surface area contributed by atoms with Gasteiger partial charge in [-0.05, 0) is 63.0 Å². The molecule has 178 valence electrons. The van der Waals surface area contributed by atoms with Gasteiger partial charge in [0.05, 0.1) is 6.42 Å². The lowest BCUT2D eigenvalue weighted by Crippen LogP contribution is -2.45. The zero-order valence-electron chi connectivity index (χ0n) is 20.2. The summed E-state index contributed by atoms with van der Waals surface area (Å²) in [4.78, 5) is 37.3. The molecule has 7 heteroatoms. The van der Waals surface area contributed by atoms with E-state index in [1.54, 1.807) is 20.8 Å². The molecule has 1 amide bonds. The van der Waals surface area contributed by atoms with Gasteiger partial charge >= 0.3 is 18.0 Å². The second kappa shape index (κ2) is 10.8. The number of rotatable bonds is 7. The van der Waals surface area contributed by atoms with Crippen molar-refractivity contribution in [2.75, 3.05) is 0 Å². The highest BCUT2D eigenvalue weighted by Gasteiger charge is 2.30. The summed E-state index contributed by atoms with van der Waals surface area (Å²) in [6, 6.07) is 6.61. The minimum atomic E-state index is -1.19. The molecule has 1 saturated carbocycles. The summed E-state index contributed by atoms with van der Waals surface area (Å²) in [6.07, 6.45) is 2.47. The zero-order valence-corrected chi connectivity index (χ0v) is 20.2. The Kier molecular flexibility index (Phi) is 8.70. The van der Waals surface area contributed by atoms with Gasteiger partial charge < -0.3 is 19.5 Å². The standard InChI is InChI=1S/C25H37NO6/c1-24(2,3)18-13-11-17(12-14-18)16-30-22(28)20(26-23(29)32-25(4,5)6)15-21(27)31-19-9-7-8-10-19/h11-14,19-20H,7-10,15-16H2,1-6H3,(H,26,29)/t20-/m0/s1. The maximum atomic E-state index is 12.7. The first kappa shape index (κ1) is 25.7. The molecule has 0 aromatic heterocycles. The molecular weight excluding hydrogens is 410 g/mol. The van der Waals surface area contributed by atoms with Crippen LogP contribution >= 0.6 is 0 Å². The summed E-state index contributed by atoms with van der Waals surface area (Å²) < 4.78 is 16.1. The van der Waals surface area contributed by atoms with E-state index in [9.17, 15) is 14.4 Å². The van der Waals surface area contributed by atoms with Gasteiger partial charge in [0, 0.05) is 0 Å². The van der Waals surface area contributed by atoms with Crippen LogP contribution in [0.3, 0.4) is 0 Å². The smallest absolute Gasteiger partial charge is 0.408 e. The van der Waals surface area contributed by atoms with Crippen LogP contribution in [0, 0.1) is 0 Å². The lowest BCUT2D eigenvalue weighted by molar-refractivity contribution is -0.156. The number of benzene rings is 1. The van der Waals surface area contributed by atoms with E-state index in [4.69, 9.17) is 14.2 Å². The van der Waals surface area contributed by atoms with Crippen molar-refractivity contribution in [1.82, 2.24) is 5.32 Å². The summed E-state index contributed by atoms with van der Waals surface area (Å²) in [5, 5.41) is 2.46. The molecule has 0 spiro atoms. The van der Waals surface area contributed by atoms with Crippen molar-refractivity contribution in [2.24, 2.45) is 0 Å². The number of nitrogens with one attached hydrogen (secondary N) is 1. The monoisotopic (exact) mass is 447 g/mol. The van der Waals surface area contributed by atoms with Gasteiger partial charge in [0.2, 0.25) is 0 Å². The molecule has 1 aromatic rings. The minimum absolute atomic E-state index is 0.0251. The molecule has 0 unspecified atom stereocenters. The van der Waals surface area contributed by atoms with Gasteiger partial charge in [0.15, 0.2) is 0 Å². The molecule has 1 aliphatic rings. The second-order valence-corrected chi connectivity index (χ2v) is 10.4. The van der Waals surface area contributed by atoms with Crippen molar-refractivity contribution in [3.05, 3.63) is 35.4 Å². The highest BCUT2D eigenvalue weighted by atomic mass is 16.6. The van der Waals surface area contributed by atoms with Gasteiger partial charge in [-0.25, -0.2) is 9.59 Å². The van der Waals surface area contributed by atoms with Crippen LogP contribution < -0.4 is 5.32 Å². The van der Waals surface area contributed by atoms with Crippen LogP contribution in [0.5, 0.6) is 0 Å². The van der Waals surface area contributed by atoms with Crippen molar-refractivity contribution in [1.29, 1.82) is 0 Å². The van der Waals surface area contributed by atoms with Crippen molar-refractivity contribution >= 4 is 18.0 Å². The predicted octanol–water partition coefficient (Wildman–Crippen LogP) is 4.80. The number of amides is 1. The van der Waals surface area contributed by atoms with E-state index in [-0.39, 0.29) is 24.5 Å². The van der Waals surface area contributed by atoms with Crippen molar-refractivity contribution in [3.8, 4) is 0 Å². The Balaban J connectivity index is 1.99. The number of alkyl carbamates (subject to hydrolysis) is 1. The first-order valence-electron chi connectivity index (χ1n) is 11.3. The van der Waals surface area contributed by atoms with Crippen LogP contribution in [-0.2, 0) is 35.8 Å². The Labute approximate surface area is 191 Å². The fraction of sp³-hybridized carbons (Fsp3) is 0.640. The van der Waals surface area contributed by atoms with E-state index in [1.807, 2.05) is 24.3 Å². The number of hydrogen-bond acceptors (Lipinski definition) is 6.